The lowest BCUT2D eigenvalue weighted by atomic mass is 10.1. The zero-order valence-electron chi connectivity index (χ0n) is 18.0. The van der Waals surface area contributed by atoms with Crippen molar-refractivity contribution in [3.8, 4) is 11.5 Å². The van der Waals surface area contributed by atoms with Crippen LogP contribution < -0.4 is 10.4 Å². The standard InChI is InChI=1S/C24H22O10/c1-10(8-25)6-14-15(26)5-4-13-21(14)34-23(30)18-12-3-2-11(7-17(12)33-22(13)18)32-24-20(29)19(28)16(27)9-31-24/h2-7,16,19-20,24-29H,8-9H2,1H3. The van der Waals surface area contributed by atoms with Gasteiger partial charge in [-0.3, -0.25) is 0 Å². The molecule has 0 amide bonds. The minimum Gasteiger partial charge on any atom is -0.507 e. The van der Waals surface area contributed by atoms with Gasteiger partial charge in [0, 0.05) is 11.5 Å². The van der Waals surface area contributed by atoms with Crippen molar-refractivity contribution >= 4 is 39.0 Å². The molecule has 1 aliphatic heterocycles. The van der Waals surface area contributed by atoms with E-state index in [2.05, 4.69) is 0 Å². The van der Waals surface area contributed by atoms with E-state index in [4.69, 9.17) is 18.3 Å². The van der Waals surface area contributed by atoms with Crippen molar-refractivity contribution in [2.24, 2.45) is 0 Å². The highest BCUT2D eigenvalue weighted by atomic mass is 16.7. The highest BCUT2D eigenvalue weighted by Gasteiger charge is 2.39. The summed E-state index contributed by atoms with van der Waals surface area (Å²) in [4.78, 5) is 12.9. The van der Waals surface area contributed by atoms with Gasteiger partial charge in [-0.1, -0.05) is 0 Å². The van der Waals surface area contributed by atoms with Crippen LogP contribution in [0.2, 0.25) is 0 Å². The molecule has 5 N–H and O–H groups in total. The molecule has 1 fully saturated rings. The number of aromatic hydroxyl groups is 1. The topological polar surface area (TPSA) is 163 Å². The van der Waals surface area contributed by atoms with Gasteiger partial charge in [0.2, 0.25) is 6.29 Å². The average Bonchev–Trinajstić information content (AvgIpc) is 3.21. The summed E-state index contributed by atoms with van der Waals surface area (Å²) in [5.41, 5.74) is 0.808. The van der Waals surface area contributed by atoms with E-state index in [1.807, 2.05) is 0 Å². The molecule has 4 aromatic rings. The molecule has 0 radical (unpaired) electrons. The summed E-state index contributed by atoms with van der Waals surface area (Å²) >= 11 is 0. The Morgan fingerprint density at radius 2 is 1.85 bits per heavy atom. The van der Waals surface area contributed by atoms with Gasteiger partial charge in [-0.15, -0.1) is 0 Å². The molecule has 4 unspecified atom stereocenters. The van der Waals surface area contributed by atoms with E-state index in [1.165, 1.54) is 18.2 Å². The Kier molecular flexibility index (Phi) is 5.54. The number of ether oxygens (including phenoxy) is 2. The molecule has 2 aromatic heterocycles. The number of furan rings is 1. The third-order valence-electron chi connectivity index (χ3n) is 5.82. The third kappa shape index (κ3) is 3.61. The summed E-state index contributed by atoms with van der Waals surface area (Å²) in [5.74, 6) is 0.126. The van der Waals surface area contributed by atoms with Crippen LogP contribution in [0.4, 0.5) is 0 Å². The molecule has 0 spiro atoms. The Labute approximate surface area is 191 Å². The number of rotatable bonds is 4. The van der Waals surface area contributed by atoms with Crippen LogP contribution in [0.15, 0.2) is 49.5 Å². The quantitative estimate of drug-likeness (QED) is 0.277. The van der Waals surface area contributed by atoms with Crippen LogP contribution in [0.5, 0.6) is 11.5 Å². The third-order valence-corrected chi connectivity index (χ3v) is 5.82. The fourth-order valence-electron chi connectivity index (χ4n) is 4.01. The maximum Gasteiger partial charge on any atom is 0.348 e. The molecule has 34 heavy (non-hydrogen) atoms. The number of aliphatic hydroxyl groups excluding tert-OH is 4. The molecule has 1 aliphatic rings. The van der Waals surface area contributed by atoms with Crippen LogP contribution >= 0.6 is 0 Å². The number of phenols is 1. The molecule has 10 heteroatoms. The maximum atomic E-state index is 12.9. The highest BCUT2D eigenvalue weighted by Crippen LogP contribution is 2.37. The Bertz CT molecular complexity index is 1480. The normalized spacial score (nSPS) is 23.7. The molecular formula is C24H22O10. The zero-order valence-corrected chi connectivity index (χ0v) is 18.0. The SMILES string of the molecule is CC(=Cc1c(O)ccc2c1oc(=O)c1c3ccc(OC4OCC(O)C(O)C4O)cc3oc21)CO. The van der Waals surface area contributed by atoms with E-state index in [1.54, 1.807) is 25.1 Å². The second-order valence-corrected chi connectivity index (χ2v) is 8.25. The summed E-state index contributed by atoms with van der Waals surface area (Å²) in [7, 11) is 0. The Morgan fingerprint density at radius 3 is 2.62 bits per heavy atom. The van der Waals surface area contributed by atoms with Gasteiger partial charge in [0.25, 0.3) is 0 Å². The second kappa shape index (κ2) is 8.42. The number of phenolic OH excluding ortho intramolecular Hbond substituents is 1. The van der Waals surface area contributed by atoms with Gasteiger partial charge in [-0.25, -0.2) is 4.79 Å². The Morgan fingerprint density at radius 1 is 1.09 bits per heavy atom. The van der Waals surface area contributed by atoms with Crippen molar-refractivity contribution in [1.82, 2.24) is 0 Å². The fourth-order valence-corrected chi connectivity index (χ4v) is 4.01. The summed E-state index contributed by atoms with van der Waals surface area (Å²) < 4.78 is 22.4. The van der Waals surface area contributed by atoms with Crippen LogP contribution in [0, 0.1) is 0 Å². The number of benzene rings is 2. The second-order valence-electron chi connectivity index (χ2n) is 8.25. The Hall–Kier alpha value is -3.41. The van der Waals surface area contributed by atoms with Crippen molar-refractivity contribution in [1.29, 1.82) is 0 Å². The first-order chi connectivity index (χ1) is 16.3. The Balaban J connectivity index is 1.62. The van der Waals surface area contributed by atoms with Crippen LogP contribution in [0.1, 0.15) is 12.5 Å². The van der Waals surface area contributed by atoms with Crippen LogP contribution in [-0.4, -0.2) is 63.3 Å². The number of hydrogen-bond donors (Lipinski definition) is 5. The van der Waals surface area contributed by atoms with Gasteiger partial charge in [0.15, 0.2) is 11.2 Å². The minimum atomic E-state index is -1.47. The van der Waals surface area contributed by atoms with Gasteiger partial charge < -0.3 is 43.8 Å². The van der Waals surface area contributed by atoms with Gasteiger partial charge >= 0.3 is 5.63 Å². The molecular weight excluding hydrogens is 448 g/mol. The lowest BCUT2D eigenvalue weighted by Crippen LogP contribution is -2.54. The smallest absolute Gasteiger partial charge is 0.348 e. The van der Waals surface area contributed by atoms with Gasteiger partial charge in [-0.05, 0) is 42.8 Å². The molecule has 0 bridgehead atoms. The van der Waals surface area contributed by atoms with Crippen molar-refractivity contribution in [2.75, 3.05) is 13.2 Å². The lowest BCUT2D eigenvalue weighted by molar-refractivity contribution is -0.242. The van der Waals surface area contributed by atoms with Gasteiger partial charge in [0.1, 0.15) is 40.8 Å². The predicted octanol–water partition coefficient (Wildman–Crippen LogP) is 1.61. The molecule has 2 aromatic carbocycles. The van der Waals surface area contributed by atoms with E-state index < -0.39 is 30.2 Å². The first-order valence-electron chi connectivity index (χ1n) is 10.5. The van der Waals surface area contributed by atoms with E-state index >= 15 is 0 Å². The van der Waals surface area contributed by atoms with E-state index in [0.717, 1.165) is 0 Å². The molecule has 0 aliphatic carbocycles. The largest absolute Gasteiger partial charge is 0.507 e. The molecule has 4 atom stereocenters. The van der Waals surface area contributed by atoms with Crippen molar-refractivity contribution in [2.45, 2.75) is 31.5 Å². The van der Waals surface area contributed by atoms with E-state index in [0.29, 0.717) is 21.9 Å². The van der Waals surface area contributed by atoms with Gasteiger partial charge in [-0.2, -0.15) is 0 Å². The lowest BCUT2D eigenvalue weighted by Gasteiger charge is -2.34. The number of hydrogen-bond acceptors (Lipinski definition) is 10. The van der Waals surface area contributed by atoms with Gasteiger partial charge in [0.05, 0.1) is 24.2 Å². The minimum absolute atomic E-state index is 0.118. The van der Waals surface area contributed by atoms with Crippen molar-refractivity contribution in [3.05, 3.63) is 51.9 Å². The van der Waals surface area contributed by atoms with E-state index in [9.17, 15) is 30.3 Å². The predicted molar refractivity (Wildman–Crippen MR) is 121 cm³/mol. The average molecular weight is 470 g/mol. The first kappa shape index (κ1) is 22.4. The molecule has 3 heterocycles. The summed E-state index contributed by atoms with van der Waals surface area (Å²) in [6.07, 6.45) is -3.78. The van der Waals surface area contributed by atoms with Crippen LogP contribution in [-0.2, 0) is 4.74 Å². The monoisotopic (exact) mass is 470 g/mol. The summed E-state index contributed by atoms with van der Waals surface area (Å²) in [6.45, 7) is 1.23. The molecule has 5 rings (SSSR count). The number of fused-ring (bicyclic) bond motifs is 5. The summed E-state index contributed by atoms with van der Waals surface area (Å²) in [6, 6.07) is 7.66. The van der Waals surface area contributed by atoms with Crippen LogP contribution in [0.25, 0.3) is 39.0 Å². The summed E-state index contributed by atoms with van der Waals surface area (Å²) in [5, 5.41) is 50.3. The highest BCUT2D eigenvalue weighted by molar-refractivity contribution is 6.14. The molecule has 1 saturated heterocycles. The van der Waals surface area contributed by atoms with E-state index in [-0.39, 0.29) is 46.8 Å². The molecule has 10 nitrogen and oxygen atoms in total. The fraction of sp³-hybridized carbons (Fsp3) is 0.292. The molecule has 178 valence electrons. The van der Waals surface area contributed by atoms with Crippen molar-refractivity contribution < 1.29 is 43.8 Å². The zero-order chi connectivity index (χ0) is 24.1. The van der Waals surface area contributed by atoms with Crippen molar-refractivity contribution in [3.63, 3.8) is 0 Å². The first-order valence-corrected chi connectivity index (χ1v) is 10.5. The number of aliphatic hydroxyl groups is 4. The molecule has 0 saturated carbocycles. The van der Waals surface area contributed by atoms with Crippen LogP contribution in [0.3, 0.4) is 0 Å². The maximum absolute atomic E-state index is 12.9.